The Hall–Kier alpha value is -1.98. The molecule has 1 aromatic heterocycles. The summed E-state index contributed by atoms with van der Waals surface area (Å²) in [5, 5.41) is 10.5. The maximum atomic E-state index is 13.3. The summed E-state index contributed by atoms with van der Waals surface area (Å²) in [7, 11) is -4.01. The second-order valence-electron chi connectivity index (χ2n) is 3.17. The van der Waals surface area contributed by atoms with Crippen LogP contribution in [0.15, 0.2) is 34.7 Å². The van der Waals surface area contributed by atoms with E-state index in [9.17, 15) is 12.8 Å². The molecular weight excluding hydrogens is 277 g/mol. The standard InChI is InChI=1S/C10H6FN3O2S2/c11-8-2-1-3-9(7(8)6-12)18(15,16)14-10-13-4-5-17-10/h1-5H,(H,13,14). The molecule has 92 valence electrons. The van der Waals surface area contributed by atoms with Gasteiger partial charge in [0, 0.05) is 11.6 Å². The quantitative estimate of drug-likeness (QED) is 0.933. The Labute approximate surface area is 107 Å². The molecule has 0 saturated carbocycles. The minimum absolute atomic E-state index is 0.156. The lowest BCUT2D eigenvalue weighted by Crippen LogP contribution is -2.14. The van der Waals surface area contributed by atoms with Gasteiger partial charge in [0.25, 0.3) is 10.0 Å². The van der Waals surface area contributed by atoms with Crippen LogP contribution in [0.4, 0.5) is 9.52 Å². The molecule has 0 atom stereocenters. The highest BCUT2D eigenvalue weighted by Crippen LogP contribution is 2.22. The Morgan fingerprint density at radius 1 is 1.44 bits per heavy atom. The zero-order valence-electron chi connectivity index (χ0n) is 8.79. The van der Waals surface area contributed by atoms with Crippen LogP contribution in [-0.2, 0) is 10.0 Å². The monoisotopic (exact) mass is 283 g/mol. The fraction of sp³-hybridized carbons (Fsp3) is 0. The fourth-order valence-corrected chi connectivity index (χ4v) is 3.24. The van der Waals surface area contributed by atoms with Crippen LogP contribution in [0.3, 0.4) is 0 Å². The summed E-state index contributed by atoms with van der Waals surface area (Å²) in [6, 6.07) is 4.96. The second kappa shape index (κ2) is 4.72. The van der Waals surface area contributed by atoms with Crippen LogP contribution >= 0.6 is 11.3 Å². The first-order chi connectivity index (χ1) is 8.54. The van der Waals surface area contributed by atoms with E-state index in [4.69, 9.17) is 5.26 Å². The largest absolute Gasteiger partial charge is 0.265 e. The summed E-state index contributed by atoms with van der Waals surface area (Å²) in [5.41, 5.74) is -0.512. The van der Waals surface area contributed by atoms with E-state index < -0.39 is 26.3 Å². The van der Waals surface area contributed by atoms with Crippen LogP contribution in [0.2, 0.25) is 0 Å². The van der Waals surface area contributed by atoms with Gasteiger partial charge in [0.1, 0.15) is 22.3 Å². The average Bonchev–Trinajstić information content (AvgIpc) is 2.80. The number of hydrogen-bond donors (Lipinski definition) is 1. The Bertz CT molecular complexity index is 705. The van der Waals surface area contributed by atoms with E-state index in [0.29, 0.717) is 0 Å². The molecule has 0 aliphatic rings. The number of halogens is 1. The molecule has 1 heterocycles. The van der Waals surface area contributed by atoms with Gasteiger partial charge in [0.2, 0.25) is 0 Å². The number of nitriles is 1. The summed E-state index contributed by atoms with van der Waals surface area (Å²) >= 11 is 1.08. The summed E-state index contributed by atoms with van der Waals surface area (Å²) in [4.78, 5) is 3.35. The number of rotatable bonds is 3. The Morgan fingerprint density at radius 3 is 2.83 bits per heavy atom. The zero-order chi connectivity index (χ0) is 13.2. The third kappa shape index (κ3) is 2.32. The van der Waals surface area contributed by atoms with Crippen molar-refractivity contribution in [1.29, 1.82) is 5.26 Å². The van der Waals surface area contributed by atoms with Crippen LogP contribution in [0.25, 0.3) is 0 Å². The van der Waals surface area contributed by atoms with Gasteiger partial charge in [0.05, 0.1) is 0 Å². The lowest BCUT2D eigenvalue weighted by Gasteiger charge is -2.06. The molecule has 0 aliphatic carbocycles. The Balaban J connectivity index is 2.49. The number of nitrogens with one attached hydrogen (secondary N) is 1. The van der Waals surface area contributed by atoms with Gasteiger partial charge in [-0.25, -0.2) is 17.8 Å². The van der Waals surface area contributed by atoms with E-state index in [2.05, 4.69) is 9.71 Å². The minimum Gasteiger partial charge on any atom is -0.255 e. The average molecular weight is 283 g/mol. The number of aromatic nitrogens is 1. The van der Waals surface area contributed by atoms with E-state index in [-0.39, 0.29) is 5.13 Å². The van der Waals surface area contributed by atoms with E-state index in [1.54, 1.807) is 5.38 Å². The number of benzene rings is 1. The van der Waals surface area contributed by atoms with Crippen LogP contribution in [0.1, 0.15) is 5.56 Å². The lowest BCUT2D eigenvalue weighted by molar-refractivity contribution is 0.593. The molecule has 0 bridgehead atoms. The molecule has 0 fully saturated rings. The number of anilines is 1. The molecule has 8 heteroatoms. The van der Waals surface area contributed by atoms with Crippen molar-refractivity contribution in [3.63, 3.8) is 0 Å². The van der Waals surface area contributed by atoms with Gasteiger partial charge in [-0.3, -0.25) is 4.72 Å². The van der Waals surface area contributed by atoms with Crippen molar-refractivity contribution in [2.24, 2.45) is 0 Å². The summed E-state index contributed by atoms with van der Waals surface area (Å²) < 4.78 is 39.4. The van der Waals surface area contributed by atoms with Gasteiger partial charge < -0.3 is 0 Å². The molecule has 5 nitrogen and oxygen atoms in total. The molecule has 2 rings (SSSR count). The fourth-order valence-electron chi connectivity index (χ4n) is 1.28. The topological polar surface area (TPSA) is 82.8 Å². The molecule has 1 N–H and O–H groups in total. The van der Waals surface area contributed by atoms with Crippen molar-refractivity contribution in [1.82, 2.24) is 4.98 Å². The maximum absolute atomic E-state index is 13.3. The maximum Gasteiger partial charge on any atom is 0.265 e. The Morgan fingerprint density at radius 2 is 2.22 bits per heavy atom. The molecule has 0 aliphatic heterocycles. The third-order valence-electron chi connectivity index (χ3n) is 2.03. The van der Waals surface area contributed by atoms with Crippen LogP contribution in [0, 0.1) is 17.1 Å². The minimum atomic E-state index is -4.01. The normalized spacial score (nSPS) is 10.9. The van der Waals surface area contributed by atoms with Crippen molar-refractivity contribution >= 4 is 26.5 Å². The second-order valence-corrected chi connectivity index (χ2v) is 5.71. The first kappa shape index (κ1) is 12.5. The first-order valence-corrected chi connectivity index (χ1v) is 7.02. The lowest BCUT2D eigenvalue weighted by atomic mass is 10.2. The van der Waals surface area contributed by atoms with Gasteiger partial charge in [-0.2, -0.15) is 5.26 Å². The third-order valence-corrected chi connectivity index (χ3v) is 4.23. The van der Waals surface area contributed by atoms with Crippen LogP contribution in [0.5, 0.6) is 0 Å². The highest BCUT2D eigenvalue weighted by atomic mass is 32.2. The van der Waals surface area contributed by atoms with E-state index in [0.717, 1.165) is 23.5 Å². The smallest absolute Gasteiger partial charge is 0.255 e. The van der Waals surface area contributed by atoms with Gasteiger partial charge in [-0.05, 0) is 12.1 Å². The molecule has 0 radical (unpaired) electrons. The molecule has 0 amide bonds. The van der Waals surface area contributed by atoms with Gasteiger partial charge in [-0.15, -0.1) is 11.3 Å². The van der Waals surface area contributed by atoms with Crippen molar-refractivity contribution in [3.05, 3.63) is 41.2 Å². The summed E-state index contributed by atoms with van der Waals surface area (Å²) in [5.74, 6) is -0.875. The number of hydrogen-bond acceptors (Lipinski definition) is 5. The van der Waals surface area contributed by atoms with Crippen molar-refractivity contribution in [3.8, 4) is 6.07 Å². The Kier molecular flexibility index (Phi) is 3.27. The molecule has 18 heavy (non-hydrogen) atoms. The number of nitrogens with zero attached hydrogens (tertiary/aromatic N) is 2. The molecule has 0 saturated heterocycles. The highest BCUT2D eigenvalue weighted by Gasteiger charge is 2.21. The number of sulfonamides is 1. The van der Waals surface area contributed by atoms with Crippen LogP contribution in [-0.4, -0.2) is 13.4 Å². The predicted octanol–water partition coefficient (Wildman–Crippen LogP) is 1.95. The van der Waals surface area contributed by atoms with E-state index in [1.807, 2.05) is 0 Å². The molecule has 0 unspecified atom stereocenters. The number of thiazole rings is 1. The van der Waals surface area contributed by atoms with Crippen molar-refractivity contribution in [2.45, 2.75) is 4.90 Å². The highest BCUT2D eigenvalue weighted by molar-refractivity contribution is 7.93. The van der Waals surface area contributed by atoms with Gasteiger partial charge in [0.15, 0.2) is 5.13 Å². The van der Waals surface area contributed by atoms with Gasteiger partial charge in [-0.1, -0.05) is 6.07 Å². The zero-order valence-corrected chi connectivity index (χ0v) is 10.4. The molecule has 2 aromatic rings. The van der Waals surface area contributed by atoms with Crippen LogP contribution < -0.4 is 4.72 Å². The summed E-state index contributed by atoms with van der Waals surface area (Å²) in [6.07, 6.45) is 1.43. The van der Waals surface area contributed by atoms with Crippen molar-refractivity contribution in [2.75, 3.05) is 4.72 Å². The predicted molar refractivity (Wildman–Crippen MR) is 64.0 cm³/mol. The van der Waals surface area contributed by atoms with Crippen molar-refractivity contribution < 1.29 is 12.8 Å². The SMILES string of the molecule is N#Cc1c(F)cccc1S(=O)(=O)Nc1nccs1. The molecule has 1 aromatic carbocycles. The summed E-state index contributed by atoms with van der Waals surface area (Å²) in [6.45, 7) is 0. The molecular formula is C10H6FN3O2S2. The van der Waals surface area contributed by atoms with Gasteiger partial charge >= 0.3 is 0 Å². The van der Waals surface area contributed by atoms with E-state index >= 15 is 0 Å². The van der Waals surface area contributed by atoms with E-state index in [1.165, 1.54) is 18.3 Å². The first-order valence-electron chi connectivity index (χ1n) is 4.65. The molecule has 0 spiro atoms.